The first-order valence-electron chi connectivity index (χ1n) is 5.29. The summed E-state index contributed by atoms with van der Waals surface area (Å²) in [5, 5.41) is 2.72. The molecule has 94 valence electrons. The summed E-state index contributed by atoms with van der Waals surface area (Å²) in [7, 11) is 2.89. The van der Waals surface area contributed by atoms with Gasteiger partial charge in [0, 0.05) is 20.2 Å². The van der Waals surface area contributed by atoms with Crippen molar-refractivity contribution in [3.63, 3.8) is 0 Å². The Labute approximate surface area is 102 Å². The van der Waals surface area contributed by atoms with Crippen LogP contribution in [0.25, 0.3) is 0 Å². The quantitative estimate of drug-likeness (QED) is 0.862. The highest BCUT2D eigenvalue weighted by Gasteiger charge is 2.07. The number of nitrogens with zero attached hydrogens (tertiary/aromatic N) is 2. The molecule has 1 aromatic heterocycles. The van der Waals surface area contributed by atoms with Crippen LogP contribution in [-0.4, -0.2) is 9.13 Å². The topological polar surface area (TPSA) is 56.0 Å². The van der Waals surface area contributed by atoms with Crippen molar-refractivity contribution in [2.24, 2.45) is 14.1 Å². The third-order valence-electron chi connectivity index (χ3n) is 2.66. The van der Waals surface area contributed by atoms with E-state index in [4.69, 9.17) is 0 Å². The molecule has 18 heavy (non-hydrogen) atoms. The molecule has 0 bridgehead atoms. The maximum atomic E-state index is 13.5. The predicted molar refractivity (Wildman–Crippen MR) is 66.6 cm³/mol. The van der Waals surface area contributed by atoms with Crippen molar-refractivity contribution in [2.75, 3.05) is 5.32 Å². The fourth-order valence-electron chi connectivity index (χ4n) is 1.55. The van der Waals surface area contributed by atoms with Crippen molar-refractivity contribution >= 4 is 11.5 Å². The summed E-state index contributed by atoms with van der Waals surface area (Å²) >= 11 is 0. The zero-order chi connectivity index (χ0) is 13.3. The summed E-state index contributed by atoms with van der Waals surface area (Å²) in [5.74, 6) is -0.209. The van der Waals surface area contributed by atoms with E-state index < -0.39 is 17.1 Å². The summed E-state index contributed by atoms with van der Waals surface area (Å²) in [4.78, 5) is 23.2. The lowest BCUT2D eigenvalue weighted by atomic mass is 10.3. The molecule has 0 fully saturated rings. The van der Waals surface area contributed by atoms with Crippen molar-refractivity contribution in [1.29, 1.82) is 0 Å². The third kappa shape index (κ3) is 2.04. The van der Waals surface area contributed by atoms with Crippen LogP contribution in [0.4, 0.5) is 15.9 Å². The van der Waals surface area contributed by atoms with Gasteiger partial charge in [-0.2, -0.15) is 0 Å². The summed E-state index contributed by atoms with van der Waals surface area (Å²) in [6, 6.07) is 7.28. The second-order valence-corrected chi connectivity index (χ2v) is 3.87. The molecule has 5 nitrogen and oxygen atoms in total. The molecule has 2 rings (SSSR count). The molecule has 0 radical (unpaired) electrons. The molecule has 0 saturated carbocycles. The van der Waals surface area contributed by atoms with Crippen molar-refractivity contribution in [1.82, 2.24) is 9.13 Å². The molecule has 1 aromatic carbocycles. The normalized spacial score (nSPS) is 10.4. The van der Waals surface area contributed by atoms with Crippen LogP contribution in [0.15, 0.2) is 39.9 Å². The van der Waals surface area contributed by atoms with E-state index in [0.29, 0.717) is 0 Å². The smallest absolute Gasteiger partial charge is 0.332 e. The highest BCUT2D eigenvalue weighted by molar-refractivity contribution is 5.56. The first-order valence-corrected chi connectivity index (χ1v) is 5.29. The maximum Gasteiger partial charge on any atom is 0.332 e. The van der Waals surface area contributed by atoms with Gasteiger partial charge in [-0.3, -0.25) is 13.9 Å². The minimum absolute atomic E-state index is 0.209. The lowest BCUT2D eigenvalue weighted by Gasteiger charge is -2.12. The molecule has 0 aliphatic carbocycles. The maximum absolute atomic E-state index is 13.5. The molecule has 0 amide bonds. The molecule has 0 unspecified atom stereocenters. The van der Waals surface area contributed by atoms with Gasteiger partial charge < -0.3 is 5.32 Å². The average Bonchev–Trinajstić information content (AvgIpc) is 2.36. The SMILES string of the molecule is Cn1c(Nc2ccccc2F)cc(=O)n(C)c1=O. The molecule has 0 saturated heterocycles. The highest BCUT2D eigenvalue weighted by atomic mass is 19.1. The summed E-state index contributed by atoms with van der Waals surface area (Å²) in [6.45, 7) is 0. The van der Waals surface area contributed by atoms with Crippen LogP contribution in [0.1, 0.15) is 0 Å². The van der Waals surface area contributed by atoms with E-state index >= 15 is 0 Å². The van der Waals surface area contributed by atoms with E-state index in [0.717, 1.165) is 4.57 Å². The van der Waals surface area contributed by atoms with Crippen LogP contribution in [0.3, 0.4) is 0 Å². The van der Waals surface area contributed by atoms with E-state index in [9.17, 15) is 14.0 Å². The zero-order valence-corrected chi connectivity index (χ0v) is 9.98. The summed E-state index contributed by atoms with van der Waals surface area (Å²) in [6.07, 6.45) is 0. The fraction of sp³-hybridized carbons (Fsp3) is 0.167. The first kappa shape index (κ1) is 12.1. The van der Waals surface area contributed by atoms with Crippen molar-refractivity contribution in [3.05, 3.63) is 57.0 Å². The molecular formula is C12H12FN3O2. The summed E-state index contributed by atoms with van der Waals surface area (Å²) in [5.41, 5.74) is -0.709. The Morgan fingerprint density at radius 3 is 2.44 bits per heavy atom. The van der Waals surface area contributed by atoms with E-state index in [1.54, 1.807) is 12.1 Å². The molecule has 1 heterocycles. The van der Waals surface area contributed by atoms with E-state index in [-0.39, 0.29) is 11.5 Å². The molecular weight excluding hydrogens is 237 g/mol. The number of nitrogens with one attached hydrogen (secondary N) is 1. The molecule has 0 aliphatic heterocycles. The Morgan fingerprint density at radius 2 is 1.78 bits per heavy atom. The lowest BCUT2D eigenvalue weighted by molar-refractivity contribution is 0.630. The van der Waals surface area contributed by atoms with Gasteiger partial charge in [0.05, 0.1) is 5.69 Å². The van der Waals surface area contributed by atoms with Crippen LogP contribution in [0, 0.1) is 5.82 Å². The monoisotopic (exact) mass is 249 g/mol. The summed E-state index contributed by atoms with van der Waals surface area (Å²) < 4.78 is 15.7. The first-order chi connectivity index (χ1) is 8.50. The number of halogens is 1. The van der Waals surface area contributed by atoms with Crippen molar-refractivity contribution in [3.8, 4) is 0 Å². The molecule has 0 aliphatic rings. The fourth-order valence-corrected chi connectivity index (χ4v) is 1.55. The number of para-hydroxylation sites is 1. The molecule has 6 heteroatoms. The van der Waals surface area contributed by atoms with Crippen LogP contribution in [0.5, 0.6) is 0 Å². The second-order valence-electron chi connectivity index (χ2n) is 3.87. The van der Waals surface area contributed by atoms with E-state index in [1.165, 1.54) is 36.9 Å². The van der Waals surface area contributed by atoms with Gasteiger partial charge in [-0.05, 0) is 12.1 Å². The van der Waals surface area contributed by atoms with Crippen molar-refractivity contribution < 1.29 is 4.39 Å². The average molecular weight is 249 g/mol. The zero-order valence-electron chi connectivity index (χ0n) is 9.98. The lowest BCUT2D eigenvalue weighted by Crippen LogP contribution is -2.37. The molecule has 0 atom stereocenters. The number of hydrogen-bond acceptors (Lipinski definition) is 3. The van der Waals surface area contributed by atoms with Crippen LogP contribution < -0.4 is 16.6 Å². The van der Waals surface area contributed by atoms with Crippen LogP contribution in [-0.2, 0) is 14.1 Å². The van der Waals surface area contributed by atoms with Gasteiger partial charge in [-0.25, -0.2) is 9.18 Å². The van der Waals surface area contributed by atoms with Gasteiger partial charge in [0.2, 0.25) is 0 Å². The predicted octanol–water partition coefficient (Wildman–Crippen LogP) is 0.967. The van der Waals surface area contributed by atoms with Gasteiger partial charge in [0.15, 0.2) is 0 Å². The standard InChI is InChI=1S/C12H12FN3O2/c1-15-10(7-11(17)16(2)12(15)18)14-9-6-4-3-5-8(9)13/h3-7,14H,1-2H3. The Morgan fingerprint density at radius 1 is 1.11 bits per heavy atom. The van der Waals surface area contributed by atoms with Crippen LogP contribution >= 0.6 is 0 Å². The molecule has 2 aromatic rings. The largest absolute Gasteiger partial charge is 0.339 e. The van der Waals surface area contributed by atoms with Crippen molar-refractivity contribution in [2.45, 2.75) is 0 Å². The Hall–Kier alpha value is -2.37. The minimum atomic E-state index is -0.471. The number of rotatable bonds is 2. The van der Waals surface area contributed by atoms with Gasteiger partial charge in [-0.1, -0.05) is 12.1 Å². The van der Waals surface area contributed by atoms with Gasteiger partial charge in [-0.15, -0.1) is 0 Å². The Kier molecular flexibility index (Phi) is 3.01. The highest BCUT2D eigenvalue weighted by Crippen LogP contribution is 2.16. The van der Waals surface area contributed by atoms with Gasteiger partial charge >= 0.3 is 5.69 Å². The minimum Gasteiger partial charge on any atom is -0.339 e. The van der Waals surface area contributed by atoms with E-state index in [1.807, 2.05) is 0 Å². The number of anilines is 2. The second kappa shape index (κ2) is 4.48. The van der Waals surface area contributed by atoms with Crippen LogP contribution in [0.2, 0.25) is 0 Å². The molecule has 0 spiro atoms. The Bertz CT molecular complexity index is 703. The number of hydrogen-bond donors (Lipinski definition) is 1. The van der Waals surface area contributed by atoms with E-state index in [2.05, 4.69) is 5.32 Å². The Balaban J connectivity index is 2.52. The number of benzene rings is 1. The van der Waals surface area contributed by atoms with Gasteiger partial charge in [0.25, 0.3) is 5.56 Å². The van der Waals surface area contributed by atoms with Gasteiger partial charge in [0.1, 0.15) is 11.6 Å². The number of aromatic nitrogens is 2. The molecule has 1 N–H and O–H groups in total. The third-order valence-corrected chi connectivity index (χ3v) is 2.66.